The molecule has 0 bridgehead atoms. The van der Waals surface area contributed by atoms with Crippen LogP contribution >= 0.6 is 0 Å². The molecule has 0 spiro atoms. The maximum absolute atomic E-state index is 11.6. The zero-order valence-corrected chi connectivity index (χ0v) is 11.1. The van der Waals surface area contributed by atoms with Gasteiger partial charge in [-0.3, -0.25) is 4.79 Å². The maximum Gasteiger partial charge on any atom is 0.323 e. The van der Waals surface area contributed by atoms with Gasteiger partial charge in [0.2, 0.25) is 0 Å². The van der Waals surface area contributed by atoms with Crippen molar-refractivity contribution in [3.8, 4) is 12.3 Å². The summed E-state index contributed by atoms with van der Waals surface area (Å²) in [7, 11) is 1.59. The molecule has 0 rings (SSSR count). The van der Waals surface area contributed by atoms with E-state index in [0.29, 0.717) is 32.8 Å². The number of terminal acetylenes is 1. The Morgan fingerprint density at radius 2 is 2.11 bits per heavy atom. The predicted molar refractivity (Wildman–Crippen MR) is 68.8 cm³/mol. The number of hydrogen-bond acceptors (Lipinski definition) is 4. The van der Waals surface area contributed by atoms with Gasteiger partial charge in [-0.1, -0.05) is 5.92 Å². The molecular formula is C12H20N2O5. The normalized spacial score (nSPS) is 9.68. The van der Waals surface area contributed by atoms with Gasteiger partial charge in [-0.15, -0.1) is 6.42 Å². The Hall–Kier alpha value is -1.78. The van der Waals surface area contributed by atoms with E-state index in [2.05, 4.69) is 11.2 Å². The van der Waals surface area contributed by atoms with E-state index in [1.165, 1.54) is 0 Å². The number of rotatable bonds is 10. The number of methoxy groups -OCH3 is 1. The molecule has 2 amide bonds. The lowest BCUT2D eigenvalue weighted by molar-refractivity contribution is -0.137. The summed E-state index contributed by atoms with van der Waals surface area (Å²) in [6, 6.07) is -0.489. The second-order valence-corrected chi connectivity index (χ2v) is 3.64. The molecule has 19 heavy (non-hydrogen) atoms. The number of ether oxygens (including phenoxy) is 2. The topological polar surface area (TPSA) is 88.1 Å². The Kier molecular flexibility index (Phi) is 10.3. The molecule has 0 aliphatic rings. The van der Waals surface area contributed by atoms with E-state index in [1.54, 1.807) is 7.11 Å². The van der Waals surface area contributed by atoms with E-state index >= 15 is 0 Å². The first-order chi connectivity index (χ1) is 9.11. The summed E-state index contributed by atoms with van der Waals surface area (Å²) in [4.78, 5) is 23.2. The molecule has 108 valence electrons. The van der Waals surface area contributed by atoms with Crippen molar-refractivity contribution in [1.82, 2.24) is 10.2 Å². The monoisotopic (exact) mass is 272 g/mol. The molecule has 0 aromatic carbocycles. The molecule has 0 radical (unpaired) electrons. The first-order valence-corrected chi connectivity index (χ1v) is 5.86. The van der Waals surface area contributed by atoms with Crippen LogP contribution in [0.15, 0.2) is 0 Å². The summed E-state index contributed by atoms with van der Waals surface area (Å²) in [6.45, 7) is 1.47. The van der Waals surface area contributed by atoms with Gasteiger partial charge >= 0.3 is 12.0 Å². The molecule has 0 fully saturated rings. The third kappa shape index (κ3) is 9.88. The second kappa shape index (κ2) is 11.3. The average Bonchev–Trinajstić information content (AvgIpc) is 2.36. The molecular weight excluding hydrogens is 252 g/mol. The Balaban J connectivity index is 3.75. The summed E-state index contributed by atoms with van der Waals surface area (Å²) in [5, 5.41) is 11.2. The SMILES string of the molecule is C#CCN(CC(=O)O)C(=O)NCCCOCCOC. The zero-order valence-electron chi connectivity index (χ0n) is 11.1. The van der Waals surface area contributed by atoms with Gasteiger partial charge in [-0.25, -0.2) is 4.79 Å². The molecule has 2 N–H and O–H groups in total. The van der Waals surface area contributed by atoms with Crippen molar-refractivity contribution in [1.29, 1.82) is 0 Å². The quantitative estimate of drug-likeness (QED) is 0.423. The van der Waals surface area contributed by atoms with E-state index in [4.69, 9.17) is 21.0 Å². The highest BCUT2D eigenvalue weighted by Gasteiger charge is 2.14. The van der Waals surface area contributed by atoms with E-state index in [-0.39, 0.29) is 6.54 Å². The summed E-state index contributed by atoms with van der Waals surface area (Å²) in [5.74, 6) is 1.14. The van der Waals surface area contributed by atoms with Crippen molar-refractivity contribution in [2.45, 2.75) is 6.42 Å². The smallest absolute Gasteiger partial charge is 0.323 e. The van der Waals surface area contributed by atoms with Crippen LogP contribution in [0, 0.1) is 12.3 Å². The molecule has 0 aromatic heterocycles. The molecule has 7 heteroatoms. The number of amides is 2. The maximum atomic E-state index is 11.6. The van der Waals surface area contributed by atoms with Crippen LogP contribution in [0.2, 0.25) is 0 Å². The number of nitrogens with zero attached hydrogens (tertiary/aromatic N) is 1. The molecule has 0 atom stereocenters. The van der Waals surface area contributed by atoms with Gasteiger partial charge in [0.15, 0.2) is 0 Å². The van der Waals surface area contributed by atoms with Crippen molar-refractivity contribution in [2.75, 3.05) is 46.6 Å². The molecule has 0 saturated heterocycles. The lowest BCUT2D eigenvalue weighted by Gasteiger charge is -2.18. The number of nitrogens with one attached hydrogen (secondary N) is 1. The van der Waals surface area contributed by atoms with Gasteiger partial charge in [0.1, 0.15) is 6.54 Å². The van der Waals surface area contributed by atoms with Crippen molar-refractivity contribution in [3.05, 3.63) is 0 Å². The lowest BCUT2D eigenvalue weighted by Crippen LogP contribution is -2.43. The Labute approximate surface area is 112 Å². The third-order valence-corrected chi connectivity index (χ3v) is 2.07. The molecule has 0 aliphatic carbocycles. The number of hydrogen-bond donors (Lipinski definition) is 2. The van der Waals surface area contributed by atoms with Crippen molar-refractivity contribution in [2.24, 2.45) is 0 Å². The highest BCUT2D eigenvalue weighted by molar-refractivity contribution is 5.80. The van der Waals surface area contributed by atoms with Gasteiger partial charge in [0, 0.05) is 20.3 Å². The Morgan fingerprint density at radius 1 is 1.37 bits per heavy atom. The largest absolute Gasteiger partial charge is 0.480 e. The summed E-state index contributed by atoms with van der Waals surface area (Å²) in [6.07, 6.45) is 5.70. The van der Waals surface area contributed by atoms with Crippen molar-refractivity contribution in [3.63, 3.8) is 0 Å². The number of carbonyl (C=O) groups is 2. The highest BCUT2D eigenvalue weighted by atomic mass is 16.5. The van der Waals surface area contributed by atoms with Crippen LogP contribution in [0.3, 0.4) is 0 Å². The summed E-state index contributed by atoms with van der Waals surface area (Å²) < 4.78 is 10.0. The minimum absolute atomic E-state index is 0.0392. The van der Waals surface area contributed by atoms with Crippen LogP contribution in [0.1, 0.15) is 6.42 Å². The minimum atomic E-state index is -1.10. The molecule has 0 aliphatic heterocycles. The molecule has 7 nitrogen and oxygen atoms in total. The van der Waals surface area contributed by atoms with E-state index in [9.17, 15) is 9.59 Å². The van der Waals surface area contributed by atoms with Crippen LogP contribution in [-0.4, -0.2) is 68.6 Å². The van der Waals surface area contributed by atoms with Crippen LogP contribution in [-0.2, 0) is 14.3 Å². The highest BCUT2D eigenvalue weighted by Crippen LogP contribution is 1.90. The zero-order chi connectivity index (χ0) is 14.5. The average molecular weight is 272 g/mol. The number of carbonyl (C=O) groups excluding carboxylic acids is 1. The third-order valence-electron chi connectivity index (χ3n) is 2.07. The fourth-order valence-corrected chi connectivity index (χ4v) is 1.20. The molecule has 0 aromatic rings. The van der Waals surface area contributed by atoms with Crippen LogP contribution in [0.25, 0.3) is 0 Å². The van der Waals surface area contributed by atoms with Gasteiger partial charge in [-0.2, -0.15) is 0 Å². The van der Waals surface area contributed by atoms with Gasteiger partial charge < -0.3 is 24.8 Å². The summed E-state index contributed by atoms with van der Waals surface area (Å²) >= 11 is 0. The van der Waals surface area contributed by atoms with E-state index in [0.717, 1.165) is 4.90 Å². The predicted octanol–water partition coefficient (Wildman–Crippen LogP) is -0.231. The molecule has 0 heterocycles. The van der Waals surface area contributed by atoms with E-state index in [1.807, 2.05) is 0 Å². The second-order valence-electron chi connectivity index (χ2n) is 3.64. The van der Waals surface area contributed by atoms with Crippen molar-refractivity contribution >= 4 is 12.0 Å². The van der Waals surface area contributed by atoms with Crippen LogP contribution in [0.4, 0.5) is 4.79 Å². The number of carboxylic acid groups (broad SMARTS) is 1. The Bertz CT molecular complexity index is 314. The number of carboxylic acids is 1. The molecule has 0 unspecified atom stereocenters. The Morgan fingerprint density at radius 3 is 2.68 bits per heavy atom. The minimum Gasteiger partial charge on any atom is -0.480 e. The first-order valence-electron chi connectivity index (χ1n) is 5.86. The van der Waals surface area contributed by atoms with Gasteiger partial charge in [-0.05, 0) is 6.42 Å². The standard InChI is InChI=1S/C12H20N2O5/c1-3-6-14(10-11(15)16)12(17)13-5-4-7-19-9-8-18-2/h1H,4-10H2,2H3,(H,13,17)(H,15,16). The fraction of sp³-hybridized carbons (Fsp3) is 0.667. The lowest BCUT2D eigenvalue weighted by atomic mass is 10.4. The first kappa shape index (κ1) is 17.2. The fourth-order valence-electron chi connectivity index (χ4n) is 1.20. The molecule has 0 saturated carbocycles. The number of urea groups is 1. The summed E-state index contributed by atoms with van der Waals surface area (Å²) in [5.41, 5.74) is 0. The van der Waals surface area contributed by atoms with Crippen LogP contribution < -0.4 is 5.32 Å². The van der Waals surface area contributed by atoms with Gasteiger partial charge in [0.25, 0.3) is 0 Å². The van der Waals surface area contributed by atoms with Crippen molar-refractivity contribution < 1.29 is 24.2 Å². The van der Waals surface area contributed by atoms with E-state index < -0.39 is 18.5 Å². The number of aliphatic carboxylic acids is 1. The van der Waals surface area contributed by atoms with Gasteiger partial charge in [0.05, 0.1) is 19.8 Å². The van der Waals surface area contributed by atoms with Crippen LogP contribution in [0.5, 0.6) is 0 Å².